The summed E-state index contributed by atoms with van der Waals surface area (Å²) in [4.78, 5) is 29.1. The molecule has 4 atom stereocenters. The van der Waals surface area contributed by atoms with Crippen LogP contribution in [-0.4, -0.2) is 21.8 Å². The number of aromatic nitrogens is 1. The van der Waals surface area contributed by atoms with E-state index in [-0.39, 0.29) is 17.1 Å². The molecule has 0 saturated heterocycles. The number of benzene rings is 1. The third-order valence-corrected chi connectivity index (χ3v) is 7.78. The number of carbonyl (C=O) groups is 2. The Bertz CT molecular complexity index is 987. The molecular weight excluding hydrogens is 364 g/mol. The van der Waals surface area contributed by atoms with Gasteiger partial charge in [0.15, 0.2) is 0 Å². The SMILES string of the molecule is CC12CCC3c4ccc(O)c(NC(=O)c5ccncc5)c4CCC3C1CCC2=O. The Morgan fingerprint density at radius 3 is 2.72 bits per heavy atom. The summed E-state index contributed by atoms with van der Waals surface area (Å²) in [5, 5.41) is 13.5. The molecule has 4 unspecified atom stereocenters. The fourth-order valence-corrected chi connectivity index (χ4v) is 6.25. The quantitative estimate of drug-likeness (QED) is 0.742. The first-order valence-corrected chi connectivity index (χ1v) is 10.6. The van der Waals surface area contributed by atoms with Gasteiger partial charge in [0, 0.05) is 29.8 Å². The summed E-state index contributed by atoms with van der Waals surface area (Å²) in [6.07, 6.45) is 8.67. The minimum absolute atomic E-state index is 0.112. The number of carbonyl (C=O) groups excluding carboxylic acids is 2. The van der Waals surface area contributed by atoms with Gasteiger partial charge in [-0.1, -0.05) is 13.0 Å². The minimum Gasteiger partial charge on any atom is -0.506 e. The van der Waals surface area contributed by atoms with Gasteiger partial charge >= 0.3 is 0 Å². The van der Waals surface area contributed by atoms with Gasteiger partial charge in [-0.05, 0) is 79.2 Å². The first-order chi connectivity index (χ1) is 14.0. The molecule has 0 radical (unpaired) electrons. The van der Waals surface area contributed by atoms with Crippen LogP contribution in [-0.2, 0) is 11.2 Å². The summed E-state index contributed by atoms with van der Waals surface area (Å²) < 4.78 is 0. The van der Waals surface area contributed by atoms with E-state index in [1.807, 2.05) is 6.07 Å². The molecule has 3 aliphatic rings. The molecular formula is C24H26N2O3. The van der Waals surface area contributed by atoms with Crippen LogP contribution in [0.25, 0.3) is 0 Å². The molecule has 2 N–H and O–H groups in total. The fraction of sp³-hybridized carbons (Fsp3) is 0.458. The molecule has 1 aromatic heterocycles. The number of pyridine rings is 1. The van der Waals surface area contributed by atoms with Crippen molar-refractivity contribution >= 4 is 17.4 Å². The summed E-state index contributed by atoms with van der Waals surface area (Å²) in [5.74, 6) is 1.70. The van der Waals surface area contributed by atoms with Crippen molar-refractivity contribution in [2.45, 2.75) is 51.4 Å². The normalized spacial score (nSPS) is 30.2. The zero-order valence-electron chi connectivity index (χ0n) is 16.6. The largest absolute Gasteiger partial charge is 0.506 e. The predicted molar refractivity (Wildman–Crippen MR) is 110 cm³/mol. The third-order valence-electron chi connectivity index (χ3n) is 7.78. The van der Waals surface area contributed by atoms with Crippen LogP contribution >= 0.6 is 0 Å². The number of hydrogen-bond donors (Lipinski definition) is 2. The molecule has 5 heteroatoms. The van der Waals surface area contributed by atoms with E-state index in [0.717, 1.165) is 44.1 Å². The van der Waals surface area contributed by atoms with Crippen molar-refractivity contribution in [2.24, 2.45) is 17.3 Å². The molecule has 2 fully saturated rings. The highest BCUT2D eigenvalue weighted by molar-refractivity contribution is 6.05. The Kier molecular flexibility index (Phi) is 4.23. The second-order valence-corrected chi connectivity index (χ2v) is 9.05. The summed E-state index contributed by atoms with van der Waals surface area (Å²) in [6, 6.07) is 7.06. The predicted octanol–water partition coefficient (Wildman–Crippen LogP) is 4.46. The maximum atomic E-state index is 12.7. The number of fused-ring (bicyclic) bond motifs is 5. The molecule has 2 aromatic rings. The molecule has 0 spiro atoms. The van der Waals surface area contributed by atoms with Crippen LogP contribution in [0.4, 0.5) is 5.69 Å². The number of anilines is 1. The van der Waals surface area contributed by atoms with Gasteiger partial charge in [0.1, 0.15) is 11.5 Å². The third kappa shape index (κ3) is 2.78. The maximum Gasteiger partial charge on any atom is 0.255 e. The Hall–Kier alpha value is -2.69. The highest BCUT2D eigenvalue weighted by Gasteiger charge is 2.54. The minimum atomic E-state index is -0.240. The lowest BCUT2D eigenvalue weighted by molar-refractivity contribution is -0.129. The average Bonchev–Trinajstić information content (AvgIpc) is 3.05. The summed E-state index contributed by atoms with van der Waals surface area (Å²) in [7, 11) is 0. The van der Waals surface area contributed by atoms with E-state index >= 15 is 0 Å². The van der Waals surface area contributed by atoms with Gasteiger partial charge in [0.05, 0.1) is 5.69 Å². The number of Topliss-reactive ketones (excluding diaryl/α,β-unsaturated/α-hetero) is 1. The highest BCUT2D eigenvalue weighted by atomic mass is 16.3. The van der Waals surface area contributed by atoms with Crippen molar-refractivity contribution in [1.82, 2.24) is 4.98 Å². The van der Waals surface area contributed by atoms with Crippen LogP contribution in [0.1, 0.15) is 66.4 Å². The molecule has 1 heterocycles. The fourth-order valence-electron chi connectivity index (χ4n) is 6.25. The van der Waals surface area contributed by atoms with Gasteiger partial charge in [0.25, 0.3) is 5.91 Å². The monoisotopic (exact) mass is 390 g/mol. The summed E-state index contributed by atoms with van der Waals surface area (Å²) in [6.45, 7) is 2.18. The Labute approximate surface area is 170 Å². The van der Waals surface area contributed by atoms with Crippen molar-refractivity contribution < 1.29 is 14.7 Å². The average molecular weight is 390 g/mol. The number of hydrogen-bond acceptors (Lipinski definition) is 4. The number of phenols is 1. The lowest BCUT2D eigenvalue weighted by atomic mass is 9.55. The first-order valence-electron chi connectivity index (χ1n) is 10.6. The number of nitrogens with one attached hydrogen (secondary N) is 1. The lowest BCUT2D eigenvalue weighted by Crippen LogP contribution is -2.42. The first kappa shape index (κ1) is 18.3. The van der Waals surface area contributed by atoms with Crippen LogP contribution in [0, 0.1) is 17.3 Å². The molecule has 0 aliphatic heterocycles. The van der Waals surface area contributed by atoms with Crippen molar-refractivity contribution in [3.8, 4) is 5.75 Å². The van der Waals surface area contributed by atoms with Gasteiger partial charge < -0.3 is 10.4 Å². The van der Waals surface area contributed by atoms with Crippen molar-refractivity contribution in [1.29, 1.82) is 0 Å². The van der Waals surface area contributed by atoms with E-state index in [4.69, 9.17) is 0 Å². The van der Waals surface area contributed by atoms with Gasteiger partial charge in [-0.3, -0.25) is 14.6 Å². The maximum absolute atomic E-state index is 12.7. The molecule has 1 aromatic carbocycles. The number of ketones is 1. The van der Waals surface area contributed by atoms with E-state index in [1.165, 1.54) is 5.56 Å². The number of nitrogens with zero attached hydrogens (tertiary/aromatic N) is 1. The molecule has 5 nitrogen and oxygen atoms in total. The van der Waals surface area contributed by atoms with Gasteiger partial charge in [-0.25, -0.2) is 0 Å². The van der Waals surface area contributed by atoms with E-state index in [9.17, 15) is 14.7 Å². The Morgan fingerprint density at radius 1 is 1.14 bits per heavy atom. The second-order valence-electron chi connectivity index (χ2n) is 9.05. The van der Waals surface area contributed by atoms with Crippen LogP contribution in [0.5, 0.6) is 5.75 Å². The smallest absolute Gasteiger partial charge is 0.255 e. The van der Waals surface area contributed by atoms with Crippen LogP contribution in [0.2, 0.25) is 0 Å². The van der Waals surface area contributed by atoms with Gasteiger partial charge in [-0.2, -0.15) is 0 Å². The Morgan fingerprint density at radius 2 is 1.93 bits per heavy atom. The Balaban J connectivity index is 1.48. The van der Waals surface area contributed by atoms with Gasteiger partial charge in [-0.15, -0.1) is 0 Å². The molecule has 150 valence electrons. The van der Waals surface area contributed by atoms with Gasteiger partial charge in [0.2, 0.25) is 0 Å². The van der Waals surface area contributed by atoms with Crippen molar-refractivity contribution in [3.63, 3.8) is 0 Å². The molecule has 0 bridgehead atoms. The summed E-state index contributed by atoms with van der Waals surface area (Å²) in [5.41, 5.74) is 3.21. The second kappa shape index (κ2) is 6.68. The molecule has 29 heavy (non-hydrogen) atoms. The number of rotatable bonds is 2. The van der Waals surface area contributed by atoms with Crippen LogP contribution in [0.3, 0.4) is 0 Å². The van der Waals surface area contributed by atoms with Crippen LogP contribution < -0.4 is 5.32 Å². The molecule has 2 saturated carbocycles. The van der Waals surface area contributed by atoms with E-state index < -0.39 is 0 Å². The molecule has 1 amide bonds. The zero-order valence-corrected chi connectivity index (χ0v) is 16.6. The topological polar surface area (TPSA) is 79.3 Å². The lowest BCUT2D eigenvalue weighted by Gasteiger charge is -2.48. The number of amides is 1. The van der Waals surface area contributed by atoms with Crippen LogP contribution in [0.15, 0.2) is 36.7 Å². The molecule has 3 aliphatic carbocycles. The number of phenolic OH excluding ortho intramolecular Hbond substituents is 1. The standard InChI is InChI=1S/C24H26N2O3/c1-24-11-8-16-15-4-6-20(27)22(26-23(29)14-9-12-25-13-10-14)18(15)3-2-17(16)19(24)5-7-21(24)28/h4,6,9-10,12-13,16-17,19,27H,2-3,5,7-8,11H2,1H3,(H,26,29). The van der Waals surface area contributed by atoms with Crippen molar-refractivity contribution in [2.75, 3.05) is 5.32 Å². The van der Waals surface area contributed by atoms with E-state index in [1.54, 1.807) is 30.6 Å². The highest BCUT2D eigenvalue weighted by Crippen LogP contribution is 2.60. The van der Waals surface area contributed by atoms with Crippen molar-refractivity contribution in [3.05, 3.63) is 53.3 Å². The number of aromatic hydroxyl groups is 1. The van der Waals surface area contributed by atoms with E-state index in [0.29, 0.717) is 34.8 Å². The van der Waals surface area contributed by atoms with E-state index in [2.05, 4.69) is 17.2 Å². The zero-order chi connectivity index (χ0) is 20.2. The summed E-state index contributed by atoms with van der Waals surface area (Å²) >= 11 is 0. The molecule has 5 rings (SSSR count).